The molecule has 66 valence electrons. The Morgan fingerprint density at radius 3 is 2.54 bits per heavy atom. The van der Waals surface area contributed by atoms with E-state index in [4.69, 9.17) is 23.2 Å². The molecule has 3 heteroatoms. The van der Waals surface area contributed by atoms with Crippen molar-refractivity contribution < 1.29 is 5.11 Å². The Balaban J connectivity index is 2.97. The van der Waals surface area contributed by atoms with Gasteiger partial charge in [-0.25, -0.2) is 0 Å². The largest absolute Gasteiger partial charge is 0.506 e. The van der Waals surface area contributed by atoms with Crippen LogP contribution in [0, 0.1) is 0 Å². The maximum atomic E-state index is 9.35. The van der Waals surface area contributed by atoms with Crippen LogP contribution in [-0.2, 0) is 0 Å². The first-order chi connectivity index (χ1) is 6.20. The highest BCUT2D eigenvalue weighted by atomic mass is 35.5. The zero-order chi connectivity index (χ0) is 9.42. The average Bonchev–Trinajstić information content (AvgIpc) is 2.12. The summed E-state index contributed by atoms with van der Waals surface area (Å²) in [6, 6.07) is 8.82. The normalized spacial score (nSPS) is 10.6. The molecule has 0 bridgehead atoms. The smallest absolute Gasteiger partial charge is 0.134 e. The minimum Gasteiger partial charge on any atom is -0.506 e. The van der Waals surface area contributed by atoms with E-state index < -0.39 is 0 Å². The maximum absolute atomic E-state index is 9.35. The Labute approximate surface area is 85.5 Å². The highest BCUT2D eigenvalue weighted by Crippen LogP contribution is 2.35. The summed E-state index contributed by atoms with van der Waals surface area (Å²) in [6.07, 6.45) is 0. The fraction of sp³-hybridized carbons (Fsp3) is 0. The van der Waals surface area contributed by atoms with Crippen molar-refractivity contribution in [2.75, 3.05) is 0 Å². The Hall–Kier alpha value is -0.920. The van der Waals surface area contributed by atoms with E-state index in [0.29, 0.717) is 15.4 Å². The van der Waals surface area contributed by atoms with Gasteiger partial charge in [-0.1, -0.05) is 41.4 Å². The van der Waals surface area contributed by atoms with E-state index in [1.807, 2.05) is 12.1 Å². The third kappa shape index (κ3) is 1.34. The molecule has 2 aromatic carbocycles. The first-order valence-electron chi connectivity index (χ1n) is 3.76. The third-order valence-electron chi connectivity index (χ3n) is 1.91. The summed E-state index contributed by atoms with van der Waals surface area (Å²) in [5, 5.41) is 11.8. The second-order valence-electron chi connectivity index (χ2n) is 2.74. The predicted octanol–water partition coefficient (Wildman–Crippen LogP) is 3.85. The standard InChI is InChI=1S/C10H6Cl2O/c11-7-3-1-2-6-4-5-8(13)10(12)9(6)7/h1-5,13H. The summed E-state index contributed by atoms with van der Waals surface area (Å²) in [7, 11) is 0. The molecule has 0 aliphatic rings. The van der Waals surface area contributed by atoms with Crippen LogP contribution in [0.2, 0.25) is 10.0 Å². The molecular formula is C10H6Cl2O. The van der Waals surface area contributed by atoms with Gasteiger partial charge in [-0.15, -0.1) is 0 Å². The van der Waals surface area contributed by atoms with Gasteiger partial charge in [-0.2, -0.15) is 0 Å². The van der Waals surface area contributed by atoms with Crippen molar-refractivity contribution in [1.29, 1.82) is 0 Å². The Bertz CT molecular complexity index is 466. The van der Waals surface area contributed by atoms with E-state index in [9.17, 15) is 5.11 Å². The minimum absolute atomic E-state index is 0.0577. The van der Waals surface area contributed by atoms with Gasteiger partial charge in [0.1, 0.15) is 5.75 Å². The van der Waals surface area contributed by atoms with Gasteiger partial charge < -0.3 is 5.11 Å². The van der Waals surface area contributed by atoms with Gasteiger partial charge in [0, 0.05) is 5.39 Å². The van der Waals surface area contributed by atoms with Crippen molar-refractivity contribution in [2.24, 2.45) is 0 Å². The van der Waals surface area contributed by atoms with E-state index >= 15 is 0 Å². The fourth-order valence-electron chi connectivity index (χ4n) is 1.28. The van der Waals surface area contributed by atoms with Gasteiger partial charge in [0.25, 0.3) is 0 Å². The number of aromatic hydroxyl groups is 1. The van der Waals surface area contributed by atoms with E-state index in [1.165, 1.54) is 0 Å². The molecule has 2 aromatic rings. The van der Waals surface area contributed by atoms with Gasteiger partial charge in [0.05, 0.1) is 10.0 Å². The molecule has 13 heavy (non-hydrogen) atoms. The first-order valence-corrected chi connectivity index (χ1v) is 4.51. The van der Waals surface area contributed by atoms with Gasteiger partial charge in [-0.05, 0) is 17.5 Å². The molecule has 0 aromatic heterocycles. The molecule has 0 radical (unpaired) electrons. The SMILES string of the molecule is Oc1ccc2cccc(Cl)c2c1Cl. The lowest BCUT2D eigenvalue weighted by Crippen LogP contribution is -1.76. The molecule has 0 spiro atoms. The lowest BCUT2D eigenvalue weighted by molar-refractivity contribution is 0.476. The van der Waals surface area contributed by atoms with Crippen molar-refractivity contribution in [3.05, 3.63) is 40.4 Å². The molecule has 2 rings (SSSR count). The lowest BCUT2D eigenvalue weighted by Gasteiger charge is -2.03. The van der Waals surface area contributed by atoms with Crippen LogP contribution in [0.4, 0.5) is 0 Å². The van der Waals surface area contributed by atoms with E-state index in [1.54, 1.807) is 18.2 Å². The number of hydrogen-bond acceptors (Lipinski definition) is 1. The van der Waals surface area contributed by atoms with Crippen LogP contribution in [0.1, 0.15) is 0 Å². The highest BCUT2D eigenvalue weighted by molar-refractivity contribution is 6.43. The van der Waals surface area contributed by atoms with Gasteiger partial charge >= 0.3 is 0 Å². The van der Waals surface area contributed by atoms with Crippen LogP contribution in [0.15, 0.2) is 30.3 Å². The average molecular weight is 213 g/mol. The number of halogens is 2. The van der Waals surface area contributed by atoms with Crippen LogP contribution >= 0.6 is 23.2 Å². The molecule has 0 saturated heterocycles. The zero-order valence-corrected chi connectivity index (χ0v) is 8.10. The second kappa shape index (κ2) is 3.09. The number of benzene rings is 2. The van der Waals surface area contributed by atoms with E-state index in [-0.39, 0.29) is 5.75 Å². The van der Waals surface area contributed by atoms with Crippen LogP contribution in [0.25, 0.3) is 10.8 Å². The van der Waals surface area contributed by atoms with Crippen molar-refractivity contribution >= 4 is 34.0 Å². The summed E-state index contributed by atoms with van der Waals surface area (Å²) < 4.78 is 0. The summed E-state index contributed by atoms with van der Waals surface area (Å²) in [5.41, 5.74) is 0. The first kappa shape index (κ1) is 8.67. The molecule has 0 heterocycles. The summed E-state index contributed by atoms with van der Waals surface area (Å²) in [4.78, 5) is 0. The predicted molar refractivity (Wildman–Crippen MR) is 55.6 cm³/mol. The van der Waals surface area contributed by atoms with Crippen LogP contribution in [0.5, 0.6) is 5.75 Å². The molecule has 1 nitrogen and oxygen atoms in total. The van der Waals surface area contributed by atoms with Crippen LogP contribution in [0.3, 0.4) is 0 Å². The highest BCUT2D eigenvalue weighted by Gasteiger charge is 2.06. The maximum Gasteiger partial charge on any atom is 0.134 e. The Morgan fingerprint density at radius 2 is 1.77 bits per heavy atom. The molecule has 0 aliphatic carbocycles. The van der Waals surface area contributed by atoms with Crippen molar-refractivity contribution in [1.82, 2.24) is 0 Å². The zero-order valence-electron chi connectivity index (χ0n) is 6.59. The third-order valence-corrected chi connectivity index (χ3v) is 2.61. The van der Waals surface area contributed by atoms with Gasteiger partial charge in [-0.3, -0.25) is 0 Å². The van der Waals surface area contributed by atoms with Crippen molar-refractivity contribution in [2.45, 2.75) is 0 Å². The Kier molecular flexibility index (Phi) is 2.06. The Morgan fingerprint density at radius 1 is 1.00 bits per heavy atom. The van der Waals surface area contributed by atoms with Gasteiger partial charge in [0.15, 0.2) is 0 Å². The van der Waals surface area contributed by atoms with Crippen molar-refractivity contribution in [3.8, 4) is 5.75 Å². The lowest BCUT2D eigenvalue weighted by atomic mass is 10.1. The molecule has 0 saturated carbocycles. The molecule has 0 amide bonds. The van der Waals surface area contributed by atoms with Crippen LogP contribution < -0.4 is 0 Å². The fourth-order valence-corrected chi connectivity index (χ4v) is 1.88. The summed E-state index contributed by atoms with van der Waals surface area (Å²) in [5.74, 6) is 0.0577. The molecule has 0 aliphatic heterocycles. The van der Waals surface area contributed by atoms with Gasteiger partial charge in [0.2, 0.25) is 0 Å². The van der Waals surface area contributed by atoms with Crippen molar-refractivity contribution in [3.63, 3.8) is 0 Å². The van der Waals surface area contributed by atoms with Crippen LogP contribution in [-0.4, -0.2) is 5.11 Å². The molecular weight excluding hydrogens is 207 g/mol. The van der Waals surface area contributed by atoms with E-state index in [0.717, 1.165) is 5.39 Å². The molecule has 0 atom stereocenters. The number of rotatable bonds is 0. The number of phenols is 1. The number of hydrogen-bond donors (Lipinski definition) is 1. The summed E-state index contributed by atoms with van der Waals surface area (Å²) >= 11 is 11.8. The second-order valence-corrected chi connectivity index (χ2v) is 3.52. The molecule has 0 unspecified atom stereocenters. The molecule has 1 N–H and O–H groups in total. The summed E-state index contributed by atoms with van der Waals surface area (Å²) in [6.45, 7) is 0. The quantitative estimate of drug-likeness (QED) is 0.704. The number of phenolic OH excluding ortho intramolecular Hbond substituents is 1. The number of fused-ring (bicyclic) bond motifs is 1. The minimum atomic E-state index is 0.0577. The van der Waals surface area contributed by atoms with E-state index in [2.05, 4.69) is 0 Å². The molecule has 0 fully saturated rings. The monoisotopic (exact) mass is 212 g/mol. The topological polar surface area (TPSA) is 20.2 Å².